The van der Waals surface area contributed by atoms with Crippen LogP contribution in [0, 0.1) is 18.8 Å². The molecule has 3 rings (SSSR count). The van der Waals surface area contributed by atoms with Gasteiger partial charge in [-0.15, -0.1) is 0 Å². The maximum absolute atomic E-state index is 12.8. The molecule has 0 saturated heterocycles. The van der Waals surface area contributed by atoms with Crippen molar-refractivity contribution in [1.29, 1.82) is 0 Å². The third-order valence-electron chi connectivity index (χ3n) is 6.32. The summed E-state index contributed by atoms with van der Waals surface area (Å²) >= 11 is 0. The summed E-state index contributed by atoms with van der Waals surface area (Å²) in [5, 5.41) is 3.17. The molecule has 1 aliphatic carbocycles. The van der Waals surface area contributed by atoms with Crippen molar-refractivity contribution >= 4 is 11.6 Å². The maximum Gasteiger partial charge on any atom is 0.227 e. The lowest BCUT2D eigenvalue weighted by molar-refractivity contribution is -0.120. The van der Waals surface area contributed by atoms with E-state index in [1.165, 1.54) is 6.42 Å². The molecule has 0 unspecified atom stereocenters. The van der Waals surface area contributed by atoms with Gasteiger partial charge in [-0.1, -0.05) is 51.3 Å². The molecule has 1 saturated carbocycles. The maximum atomic E-state index is 12.8. The summed E-state index contributed by atoms with van der Waals surface area (Å²) in [5.74, 6) is 1.81. The second-order valence-corrected chi connectivity index (χ2v) is 9.29. The molecule has 1 amide bonds. The number of nitrogens with one attached hydrogen (secondary N) is 1. The highest BCUT2D eigenvalue weighted by molar-refractivity contribution is 5.93. The largest absolute Gasteiger partial charge is 0.494 e. The van der Waals surface area contributed by atoms with Gasteiger partial charge in [0.15, 0.2) is 0 Å². The zero-order valence-electron chi connectivity index (χ0n) is 20.2. The van der Waals surface area contributed by atoms with E-state index >= 15 is 0 Å². The highest BCUT2D eigenvalue weighted by Gasteiger charge is 2.21. The summed E-state index contributed by atoms with van der Waals surface area (Å²) in [6.07, 6.45) is 6.59. The van der Waals surface area contributed by atoms with E-state index in [0.717, 1.165) is 72.4 Å². The minimum absolute atomic E-state index is 0.138. The first-order chi connectivity index (χ1) is 15.5. The zero-order chi connectivity index (χ0) is 22.9. The van der Waals surface area contributed by atoms with Crippen LogP contribution in [0.2, 0.25) is 0 Å². The van der Waals surface area contributed by atoms with Gasteiger partial charge in [-0.05, 0) is 79.5 Å². The molecule has 2 aromatic carbocycles. The molecule has 0 bridgehead atoms. The molecule has 4 nitrogen and oxygen atoms in total. The average Bonchev–Trinajstić information content (AvgIpc) is 2.79. The van der Waals surface area contributed by atoms with Crippen molar-refractivity contribution in [2.45, 2.75) is 72.8 Å². The van der Waals surface area contributed by atoms with Gasteiger partial charge in [0.1, 0.15) is 5.75 Å². The number of ether oxygens (including phenoxy) is 2. The second kappa shape index (κ2) is 12.1. The smallest absolute Gasteiger partial charge is 0.227 e. The molecular weight excluding hydrogens is 398 g/mol. The van der Waals surface area contributed by atoms with Gasteiger partial charge in [-0.25, -0.2) is 0 Å². The Morgan fingerprint density at radius 3 is 2.59 bits per heavy atom. The molecule has 0 heterocycles. The van der Waals surface area contributed by atoms with Crippen molar-refractivity contribution in [3.05, 3.63) is 47.5 Å². The SMILES string of the molecule is CCOc1cccc(-c2ccc(NC(=O)C3CCCCC3)cc2COCCC(C)C)c1C. The number of rotatable bonds is 10. The van der Waals surface area contributed by atoms with Crippen LogP contribution in [-0.2, 0) is 16.1 Å². The molecule has 0 atom stereocenters. The van der Waals surface area contributed by atoms with Crippen LogP contribution in [0.4, 0.5) is 5.69 Å². The van der Waals surface area contributed by atoms with Gasteiger partial charge in [0.2, 0.25) is 5.91 Å². The van der Waals surface area contributed by atoms with E-state index in [9.17, 15) is 4.79 Å². The van der Waals surface area contributed by atoms with Gasteiger partial charge in [0, 0.05) is 18.2 Å². The summed E-state index contributed by atoms with van der Waals surface area (Å²) in [4.78, 5) is 12.8. The predicted octanol–water partition coefficient (Wildman–Crippen LogP) is 7.14. The van der Waals surface area contributed by atoms with Crippen LogP contribution in [0.3, 0.4) is 0 Å². The van der Waals surface area contributed by atoms with E-state index in [1.807, 2.05) is 25.1 Å². The first-order valence-electron chi connectivity index (χ1n) is 12.2. The molecule has 0 spiro atoms. The minimum atomic E-state index is 0.138. The van der Waals surface area contributed by atoms with Gasteiger partial charge in [0.05, 0.1) is 13.2 Å². The molecule has 0 radical (unpaired) electrons. The van der Waals surface area contributed by atoms with Crippen LogP contribution in [0.1, 0.15) is 70.4 Å². The number of hydrogen-bond donors (Lipinski definition) is 1. The van der Waals surface area contributed by atoms with Crippen LogP contribution in [-0.4, -0.2) is 19.1 Å². The molecule has 0 aliphatic heterocycles. The molecule has 4 heteroatoms. The van der Waals surface area contributed by atoms with Gasteiger partial charge < -0.3 is 14.8 Å². The lowest BCUT2D eigenvalue weighted by atomic mass is 9.88. The third-order valence-corrected chi connectivity index (χ3v) is 6.32. The van der Waals surface area contributed by atoms with Crippen LogP contribution >= 0.6 is 0 Å². The fourth-order valence-corrected chi connectivity index (χ4v) is 4.38. The molecule has 174 valence electrons. The van der Waals surface area contributed by atoms with Crippen LogP contribution in [0.5, 0.6) is 5.75 Å². The van der Waals surface area contributed by atoms with Gasteiger partial charge in [-0.2, -0.15) is 0 Å². The Morgan fingerprint density at radius 2 is 1.88 bits per heavy atom. The first-order valence-corrected chi connectivity index (χ1v) is 12.2. The Labute approximate surface area is 193 Å². The number of carbonyl (C=O) groups excluding carboxylic acids is 1. The number of carbonyl (C=O) groups is 1. The first kappa shape index (κ1) is 24.3. The van der Waals surface area contributed by atoms with Crippen LogP contribution in [0.25, 0.3) is 11.1 Å². The van der Waals surface area contributed by atoms with E-state index in [2.05, 4.69) is 44.3 Å². The lowest BCUT2D eigenvalue weighted by Crippen LogP contribution is -2.24. The summed E-state index contributed by atoms with van der Waals surface area (Å²) in [6.45, 7) is 10.4. The highest BCUT2D eigenvalue weighted by Crippen LogP contribution is 2.34. The fraction of sp³-hybridized carbons (Fsp3) is 0.536. The Morgan fingerprint density at radius 1 is 1.09 bits per heavy atom. The standard InChI is InChI=1S/C28H39NO3/c1-5-32-27-13-9-12-25(21(27)4)26-15-14-24(18-23(26)19-31-17-16-20(2)3)29-28(30)22-10-7-6-8-11-22/h9,12-15,18,20,22H,5-8,10-11,16-17,19H2,1-4H3,(H,29,30). The summed E-state index contributed by atoms with van der Waals surface area (Å²) in [7, 11) is 0. The van der Waals surface area contributed by atoms with E-state index in [0.29, 0.717) is 19.1 Å². The van der Waals surface area contributed by atoms with Crippen molar-refractivity contribution in [2.24, 2.45) is 11.8 Å². The van der Waals surface area contributed by atoms with Gasteiger partial charge in [-0.3, -0.25) is 4.79 Å². The number of anilines is 1. The molecule has 1 fully saturated rings. The molecule has 0 aromatic heterocycles. The van der Waals surface area contributed by atoms with Gasteiger partial charge >= 0.3 is 0 Å². The summed E-state index contributed by atoms with van der Waals surface area (Å²) in [6, 6.07) is 12.4. The Hall–Kier alpha value is -2.33. The Bertz CT molecular complexity index is 884. The summed E-state index contributed by atoms with van der Waals surface area (Å²) in [5.41, 5.74) is 5.34. The number of amides is 1. The number of hydrogen-bond acceptors (Lipinski definition) is 3. The van der Waals surface area contributed by atoms with Crippen LogP contribution in [0.15, 0.2) is 36.4 Å². The molecule has 2 aromatic rings. The predicted molar refractivity (Wildman–Crippen MR) is 132 cm³/mol. The molecule has 1 N–H and O–H groups in total. The van der Waals surface area contributed by atoms with Crippen molar-refractivity contribution < 1.29 is 14.3 Å². The Kier molecular flexibility index (Phi) is 9.16. The monoisotopic (exact) mass is 437 g/mol. The van der Waals surface area contributed by atoms with Crippen molar-refractivity contribution in [2.75, 3.05) is 18.5 Å². The highest BCUT2D eigenvalue weighted by atomic mass is 16.5. The Balaban J connectivity index is 1.85. The van der Waals surface area contributed by atoms with E-state index in [-0.39, 0.29) is 11.8 Å². The summed E-state index contributed by atoms with van der Waals surface area (Å²) < 4.78 is 11.9. The van der Waals surface area contributed by atoms with E-state index in [1.54, 1.807) is 0 Å². The third kappa shape index (κ3) is 6.59. The zero-order valence-corrected chi connectivity index (χ0v) is 20.2. The lowest BCUT2D eigenvalue weighted by Gasteiger charge is -2.21. The van der Waals surface area contributed by atoms with Crippen molar-refractivity contribution in [3.63, 3.8) is 0 Å². The quantitative estimate of drug-likeness (QED) is 0.402. The van der Waals surface area contributed by atoms with Crippen molar-refractivity contribution in [1.82, 2.24) is 0 Å². The molecule has 1 aliphatic rings. The van der Waals surface area contributed by atoms with E-state index < -0.39 is 0 Å². The average molecular weight is 438 g/mol. The molecule has 32 heavy (non-hydrogen) atoms. The normalized spacial score (nSPS) is 14.5. The second-order valence-electron chi connectivity index (χ2n) is 9.29. The number of benzene rings is 2. The molecular formula is C28H39NO3. The van der Waals surface area contributed by atoms with Crippen LogP contribution < -0.4 is 10.1 Å². The van der Waals surface area contributed by atoms with E-state index in [4.69, 9.17) is 9.47 Å². The van der Waals surface area contributed by atoms with Crippen molar-refractivity contribution in [3.8, 4) is 16.9 Å². The minimum Gasteiger partial charge on any atom is -0.494 e. The topological polar surface area (TPSA) is 47.6 Å². The fourth-order valence-electron chi connectivity index (χ4n) is 4.38. The van der Waals surface area contributed by atoms with Gasteiger partial charge in [0.25, 0.3) is 0 Å².